The van der Waals surface area contributed by atoms with E-state index < -0.39 is 0 Å². The number of hydrogen-bond acceptors (Lipinski definition) is 4. The lowest BCUT2D eigenvalue weighted by Crippen LogP contribution is -2.10. The van der Waals surface area contributed by atoms with Crippen molar-refractivity contribution >= 4 is 5.78 Å². The smallest absolute Gasteiger partial charge is 0.185 e. The fraction of sp³-hybridized carbons (Fsp3) is 0.500. The van der Waals surface area contributed by atoms with Gasteiger partial charge >= 0.3 is 0 Å². The average Bonchev–Trinajstić information content (AvgIpc) is 2.95. The predicted molar refractivity (Wildman–Crippen MR) is 89.9 cm³/mol. The molecule has 0 atom stereocenters. The second-order valence-electron chi connectivity index (χ2n) is 6.22. The summed E-state index contributed by atoms with van der Waals surface area (Å²) in [6.45, 7) is 4.62. The van der Waals surface area contributed by atoms with Crippen molar-refractivity contribution < 1.29 is 13.9 Å². The number of Topliss-reactive ketones (excluding diaryl/α,β-unsaturated/α-hetero) is 1. The highest BCUT2D eigenvalue weighted by Gasteiger charge is 2.22. The van der Waals surface area contributed by atoms with Gasteiger partial charge in [0.05, 0.1) is 5.69 Å². The first kappa shape index (κ1) is 18.3. The zero-order valence-corrected chi connectivity index (χ0v) is 14.5. The van der Waals surface area contributed by atoms with E-state index in [4.69, 9.17) is 4.74 Å². The number of hydrogen-bond donors (Lipinski definition) is 0. The molecule has 2 aromatic rings. The summed E-state index contributed by atoms with van der Waals surface area (Å²) in [5, 5.41) is 8.10. The van der Waals surface area contributed by atoms with Crippen molar-refractivity contribution in [3.63, 3.8) is 0 Å². The minimum atomic E-state index is -0.386. The van der Waals surface area contributed by atoms with Crippen LogP contribution in [0.5, 0.6) is 0 Å². The Hall–Kier alpha value is -2.08. The Balaban J connectivity index is 2.34. The predicted octanol–water partition coefficient (Wildman–Crippen LogP) is 3.60. The summed E-state index contributed by atoms with van der Waals surface area (Å²) in [6.07, 6.45) is 2.68. The van der Waals surface area contributed by atoms with Crippen molar-refractivity contribution in [1.29, 1.82) is 0 Å². The molecule has 24 heavy (non-hydrogen) atoms. The van der Waals surface area contributed by atoms with Gasteiger partial charge in [-0.1, -0.05) is 31.2 Å². The Morgan fingerprint density at radius 1 is 1.29 bits per heavy atom. The highest BCUT2D eigenvalue weighted by atomic mass is 19.1. The van der Waals surface area contributed by atoms with Crippen LogP contribution in [0.2, 0.25) is 0 Å². The zero-order chi connectivity index (χ0) is 17.5. The van der Waals surface area contributed by atoms with Gasteiger partial charge < -0.3 is 4.74 Å². The van der Waals surface area contributed by atoms with Gasteiger partial charge in [0.15, 0.2) is 11.5 Å². The van der Waals surface area contributed by atoms with Crippen LogP contribution in [0, 0.1) is 11.7 Å². The van der Waals surface area contributed by atoms with E-state index in [-0.39, 0.29) is 17.5 Å². The van der Waals surface area contributed by atoms with E-state index in [1.165, 1.54) is 10.7 Å². The maximum Gasteiger partial charge on any atom is 0.185 e. The van der Waals surface area contributed by atoms with E-state index >= 15 is 0 Å². The molecule has 0 saturated heterocycles. The molecule has 0 aliphatic heterocycles. The SMILES string of the molecule is COCCCCc1c(C(=O)CC(C)C)nnn1-c1ccccc1F. The van der Waals surface area contributed by atoms with Crippen molar-refractivity contribution in [3.05, 3.63) is 41.5 Å². The molecule has 0 saturated carbocycles. The first-order valence-corrected chi connectivity index (χ1v) is 8.26. The van der Waals surface area contributed by atoms with E-state index in [9.17, 15) is 9.18 Å². The molecule has 2 rings (SSSR count). The molecule has 1 heterocycles. The monoisotopic (exact) mass is 333 g/mol. The Kier molecular flexibility index (Phi) is 6.61. The number of ketones is 1. The normalized spacial score (nSPS) is 11.2. The van der Waals surface area contributed by atoms with Gasteiger partial charge in [-0.3, -0.25) is 4.79 Å². The Labute approximate surface area is 141 Å². The second-order valence-corrected chi connectivity index (χ2v) is 6.22. The van der Waals surface area contributed by atoms with Crippen LogP contribution in [-0.2, 0) is 11.2 Å². The van der Waals surface area contributed by atoms with Crippen molar-refractivity contribution in [2.45, 2.75) is 39.5 Å². The number of unbranched alkanes of at least 4 members (excludes halogenated alkanes) is 1. The third-order valence-corrected chi connectivity index (χ3v) is 3.71. The summed E-state index contributed by atoms with van der Waals surface area (Å²) in [4.78, 5) is 12.5. The van der Waals surface area contributed by atoms with Crippen LogP contribution in [0.4, 0.5) is 4.39 Å². The average molecular weight is 333 g/mol. The fourth-order valence-corrected chi connectivity index (χ4v) is 2.57. The molecule has 0 spiro atoms. The van der Waals surface area contributed by atoms with E-state index in [0.717, 1.165) is 12.8 Å². The van der Waals surface area contributed by atoms with Gasteiger partial charge in [-0.2, -0.15) is 0 Å². The van der Waals surface area contributed by atoms with E-state index in [0.29, 0.717) is 36.5 Å². The molecule has 1 aromatic carbocycles. The molecule has 0 aliphatic rings. The van der Waals surface area contributed by atoms with Crippen LogP contribution < -0.4 is 0 Å². The van der Waals surface area contributed by atoms with Crippen LogP contribution in [-0.4, -0.2) is 34.5 Å². The number of benzene rings is 1. The van der Waals surface area contributed by atoms with Gasteiger partial charge in [-0.25, -0.2) is 9.07 Å². The zero-order valence-electron chi connectivity index (χ0n) is 14.5. The van der Waals surface area contributed by atoms with Crippen LogP contribution in [0.15, 0.2) is 24.3 Å². The molecule has 5 nitrogen and oxygen atoms in total. The number of nitrogens with zero attached hydrogens (tertiary/aromatic N) is 3. The van der Waals surface area contributed by atoms with Gasteiger partial charge in [-0.05, 0) is 37.3 Å². The van der Waals surface area contributed by atoms with Gasteiger partial charge in [0.25, 0.3) is 0 Å². The Morgan fingerprint density at radius 2 is 2.04 bits per heavy atom. The van der Waals surface area contributed by atoms with Crippen LogP contribution in [0.25, 0.3) is 5.69 Å². The largest absolute Gasteiger partial charge is 0.385 e. The Morgan fingerprint density at radius 3 is 2.71 bits per heavy atom. The van der Waals surface area contributed by atoms with E-state index in [2.05, 4.69) is 10.3 Å². The topological polar surface area (TPSA) is 57.0 Å². The minimum Gasteiger partial charge on any atom is -0.385 e. The summed E-state index contributed by atoms with van der Waals surface area (Å²) in [7, 11) is 1.66. The maximum atomic E-state index is 14.1. The number of ether oxygens (including phenoxy) is 1. The van der Waals surface area contributed by atoms with Crippen LogP contribution >= 0.6 is 0 Å². The van der Waals surface area contributed by atoms with E-state index in [1.54, 1.807) is 25.3 Å². The molecule has 6 heteroatoms. The number of methoxy groups -OCH3 is 1. The minimum absolute atomic E-state index is 0.0469. The number of para-hydroxylation sites is 1. The summed E-state index contributed by atoms with van der Waals surface area (Å²) in [6, 6.07) is 6.38. The second kappa shape index (κ2) is 8.68. The molecule has 0 unspecified atom stereocenters. The molecule has 1 aromatic heterocycles. The number of rotatable bonds is 9. The first-order chi connectivity index (χ1) is 11.5. The highest BCUT2D eigenvalue weighted by molar-refractivity contribution is 5.95. The molecule has 0 bridgehead atoms. The van der Waals surface area contributed by atoms with Gasteiger partial charge in [-0.15, -0.1) is 5.10 Å². The lowest BCUT2D eigenvalue weighted by molar-refractivity contribution is 0.0962. The summed E-state index contributed by atoms with van der Waals surface area (Å²) in [5.74, 6) is -0.199. The van der Waals surface area contributed by atoms with Crippen molar-refractivity contribution in [1.82, 2.24) is 15.0 Å². The van der Waals surface area contributed by atoms with Crippen molar-refractivity contribution in [2.75, 3.05) is 13.7 Å². The number of halogens is 1. The number of carbonyl (C=O) groups is 1. The van der Waals surface area contributed by atoms with Crippen molar-refractivity contribution in [3.8, 4) is 5.69 Å². The lowest BCUT2D eigenvalue weighted by atomic mass is 10.0. The lowest BCUT2D eigenvalue weighted by Gasteiger charge is -2.09. The Bertz CT molecular complexity index is 683. The third-order valence-electron chi connectivity index (χ3n) is 3.71. The first-order valence-electron chi connectivity index (χ1n) is 8.26. The molecular formula is C18H24FN3O2. The third kappa shape index (κ3) is 4.47. The highest BCUT2D eigenvalue weighted by Crippen LogP contribution is 2.20. The molecule has 0 radical (unpaired) electrons. The van der Waals surface area contributed by atoms with Gasteiger partial charge in [0, 0.05) is 20.1 Å². The quantitative estimate of drug-likeness (QED) is 0.520. The number of aromatic nitrogens is 3. The van der Waals surface area contributed by atoms with E-state index in [1.807, 2.05) is 13.8 Å². The van der Waals surface area contributed by atoms with Gasteiger partial charge in [0.2, 0.25) is 0 Å². The fourth-order valence-electron chi connectivity index (χ4n) is 2.57. The van der Waals surface area contributed by atoms with Crippen LogP contribution in [0.1, 0.15) is 49.3 Å². The molecule has 0 N–H and O–H groups in total. The maximum absolute atomic E-state index is 14.1. The van der Waals surface area contributed by atoms with Gasteiger partial charge in [0.1, 0.15) is 11.5 Å². The summed E-state index contributed by atoms with van der Waals surface area (Å²) >= 11 is 0. The molecule has 0 amide bonds. The molecule has 0 aliphatic carbocycles. The standard InChI is InChI=1S/C18H24FN3O2/c1-13(2)12-17(23)18-16(10-6-7-11-24-3)22(21-20-18)15-9-5-4-8-14(15)19/h4-5,8-9,13H,6-7,10-12H2,1-3H3. The molecule has 0 fully saturated rings. The summed E-state index contributed by atoms with van der Waals surface area (Å²) in [5.41, 5.74) is 1.33. The van der Waals surface area contributed by atoms with Crippen molar-refractivity contribution in [2.24, 2.45) is 5.92 Å². The molecule has 130 valence electrons. The number of carbonyl (C=O) groups excluding carboxylic acids is 1. The van der Waals surface area contributed by atoms with Crippen LogP contribution in [0.3, 0.4) is 0 Å². The summed E-state index contributed by atoms with van der Waals surface area (Å²) < 4.78 is 20.6. The molecular weight excluding hydrogens is 309 g/mol.